The van der Waals surface area contributed by atoms with Gasteiger partial charge in [-0.15, -0.1) is 0 Å². The third kappa shape index (κ3) is 3.96. The summed E-state index contributed by atoms with van der Waals surface area (Å²) in [5, 5.41) is 6.16. The lowest BCUT2D eigenvalue weighted by atomic mass is 10.1. The number of hydrogen-bond acceptors (Lipinski definition) is 6. The van der Waals surface area contributed by atoms with Crippen molar-refractivity contribution in [3.8, 4) is 17.0 Å². The van der Waals surface area contributed by atoms with Crippen LogP contribution in [0.3, 0.4) is 0 Å². The van der Waals surface area contributed by atoms with E-state index < -0.39 is 0 Å². The molecule has 2 aliphatic heterocycles. The van der Waals surface area contributed by atoms with E-state index in [0.29, 0.717) is 40.9 Å². The van der Waals surface area contributed by atoms with Crippen LogP contribution in [-0.4, -0.2) is 15.9 Å². The van der Waals surface area contributed by atoms with Crippen LogP contribution < -0.4 is 21.1 Å². The molecule has 2 aliphatic rings. The predicted octanol–water partition coefficient (Wildman–Crippen LogP) is 4.92. The van der Waals surface area contributed by atoms with Gasteiger partial charge in [-0.05, 0) is 66.6 Å². The molecule has 7 nitrogen and oxygen atoms in total. The molecule has 4 N–H and O–H groups in total. The van der Waals surface area contributed by atoms with E-state index in [-0.39, 0.29) is 5.91 Å². The predicted molar refractivity (Wildman–Crippen MR) is 125 cm³/mol. The number of carbonyl (C=O) groups is 1. The molecule has 4 aromatic rings. The monoisotopic (exact) mass is 423 g/mol. The summed E-state index contributed by atoms with van der Waals surface area (Å²) in [5.41, 5.74) is 12.2. The van der Waals surface area contributed by atoms with Gasteiger partial charge in [0.2, 0.25) is 5.95 Å². The zero-order valence-corrected chi connectivity index (χ0v) is 17.4. The number of aromatic nitrogens is 2. The smallest absolute Gasteiger partial charge is 0.255 e. The quantitative estimate of drug-likeness (QED) is 0.347. The normalized spacial score (nSPS) is 12.7. The Morgan fingerprint density at radius 3 is 2.72 bits per heavy atom. The van der Waals surface area contributed by atoms with E-state index in [1.165, 1.54) is 0 Å². The average Bonchev–Trinajstić information content (AvgIpc) is 2.79. The number of benzene rings is 3. The second-order valence-electron chi connectivity index (χ2n) is 7.60. The molecule has 6 rings (SSSR count). The Balaban J connectivity index is 1.61. The van der Waals surface area contributed by atoms with Crippen LogP contribution in [0, 0.1) is 6.92 Å². The van der Waals surface area contributed by atoms with Crippen LogP contribution in [0.15, 0.2) is 72.9 Å². The topological polar surface area (TPSA) is 102 Å². The highest BCUT2D eigenvalue weighted by molar-refractivity contribution is 6.05. The number of nitrogens with two attached hydrogens (primary N) is 1. The third-order valence-electron chi connectivity index (χ3n) is 5.34. The summed E-state index contributed by atoms with van der Waals surface area (Å²) in [4.78, 5) is 21.7. The zero-order valence-electron chi connectivity index (χ0n) is 17.4. The van der Waals surface area contributed by atoms with Gasteiger partial charge in [0.25, 0.3) is 5.91 Å². The molecular formula is C25H21N5O2. The SMILES string of the molecule is Cc1ccc2cc1COc1cccc(c1)NC(=O)c1ccc(c(N)c1)-c1ccnc(n1)N2. The minimum absolute atomic E-state index is 0.255. The number of nitrogens with one attached hydrogen (secondary N) is 2. The lowest BCUT2D eigenvalue weighted by molar-refractivity contribution is 0.102. The van der Waals surface area contributed by atoms with Gasteiger partial charge in [0.1, 0.15) is 12.4 Å². The molecule has 0 spiro atoms. The molecule has 158 valence electrons. The molecule has 0 saturated carbocycles. The molecule has 32 heavy (non-hydrogen) atoms. The van der Waals surface area contributed by atoms with Crippen molar-refractivity contribution in [2.45, 2.75) is 13.5 Å². The Kier molecular flexibility index (Phi) is 4.91. The molecule has 3 aromatic carbocycles. The lowest BCUT2D eigenvalue weighted by Gasteiger charge is -2.14. The lowest BCUT2D eigenvalue weighted by Crippen LogP contribution is -2.12. The summed E-state index contributed by atoms with van der Waals surface area (Å²) in [6.45, 7) is 2.42. The number of amides is 1. The second-order valence-corrected chi connectivity index (χ2v) is 7.60. The highest BCUT2D eigenvalue weighted by Gasteiger charge is 2.13. The maximum Gasteiger partial charge on any atom is 0.255 e. The fourth-order valence-corrected chi connectivity index (χ4v) is 3.57. The third-order valence-corrected chi connectivity index (χ3v) is 5.34. The summed E-state index contributed by atoms with van der Waals surface area (Å²) in [7, 11) is 0. The van der Waals surface area contributed by atoms with Crippen LogP contribution in [0.2, 0.25) is 0 Å². The van der Waals surface area contributed by atoms with Gasteiger partial charge in [0.15, 0.2) is 0 Å². The van der Waals surface area contributed by atoms with Crippen molar-refractivity contribution in [2.24, 2.45) is 0 Å². The molecule has 0 unspecified atom stereocenters. The van der Waals surface area contributed by atoms with E-state index in [4.69, 9.17) is 10.5 Å². The first kappa shape index (κ1) is 19.6. The zero-order chi connectivity index (χ0) is 22.1. The van der Waals surface area contributed by atoms with Crippen LogP contribution >= 0.6 is 0 Å². The van der Waals surface area contributed by atoms with E-state index in [0.717, 1.165) is 22.4 Å². The van der Waals surface area contributed by atoms with Crippen LogP contribution in [-0.2, 0) is 6.61 Å². The Morgan fingerprint density at radius 1 is 0.969 bits per heavy atom. The van der Waals surface area contributed by atoms with Gasteiger partial charge in [-0.25, -0.2) is 9.97 Å². The number of hydrogen-bond donors (Lipinski definition) is 3. The maximum atomic E-state index is 12.8. The minimum atomic E-state index is -0.255. The van der Waals surface area contributed by atoms with Crippen LogP contribution in [0.4, 0.5) is 23.0 Å². The molecule has 8 bridgehead atoms. The first-order valence-corrected chi connectivity index (χ1v) is 10.2. The fourth-order valence-electron chi connectivity index (χ4n) is 3.57. The van der Waals surface area contributed by atoms with Crippen molar-refractivity contribution in [3.05, 3.63) is 89.6 Å². The van der Waals surface area contributed by atoms with Crippen LogP contribution in [0.5, 0.6) is 5.75 Å². The summed E-state index contributed by atoms with van der Waals surface area (Å²) in [6.07, 6.45) is 1.67. The molecule has 1 aromatic heterocycles. The van der Waals surface area contributed by atoms with Crippen molar-refractivity contribution >= 4 is 28.9 Å². The van der Waals surface area contributed by atoms with Gasteiger partial charge < -0.3 is 21.1 Å². The molecule has 3 heterocycles. The van der Waals surface area contributed by atoms with E-state index in [1.54, 1.807) is 36.5 Å². The van der Waals surface area contributed by atoms with Gasteiger partial charge in [-0.1, -0.05) is 12.1 Å². The van der Waals surface area contributed by atoms with Crippen LogP contribution in [0.1, 0.15) is 21.5 Å². The molecule has 0 aliphatic carbocycles. The number of nitrogen functional groups attached to an aromatic ring is 1. The first-order valence-electron chi connectivity index (χ1n) is 10.2. The van der Waals surface area contributed by atoms with Gasteiger partial charge in [0, 0.05) is 40.5 Å². The van der Waals surface area contributed by atoms with E-state index in [1.807, 2.05) is 43.3 Å². The molecular weight excluding hydrogens is 402 g/mol. The maximum absolute atomic E-state index is 12.8. The molecule has 0 atom stereocenters. The fraction of sp³-hybridized carbons (Fsp3) is 0.0800. The van der Waals surface area contributed by atoms with Gasteiger partial charge in [0.05, 0.1) is 5.69 Å². The van der Waals surface area contributed by atoms with Gasteiger partial charge in [-0.3, -0.25) is 4.79 Å². The summed E-state index contributed by atoms with van der Waals surface area (Å²) in [6, 6.07) is 20.3. The molecule has 1 amide bonds. The van der Waals surface area contributed by atoms with Crippen molar-refractivity contribution < 1.29 is 9.53 Å². The van der Waals surface area contributed by atoms with Gasteiger partial charge >= 0.3 is 0 Å². The van der Waals surface area contributed by atoms with E-state index in [2.05, 4.69) is 20.6 Å². The van der Waals surface area contributed by atoms with Crippen molar-refractivity contribution in [1.29, 1.82) is 0 Å². The number of nitrogens with zero attached hydrogens (tertiary/aromatic N) is 2. The van der Waals surface area contributed by atoms with E-state index >= 15 is 0 Å². The van der Waals surface area contributed by atoms with E-state index in [9.17, 15) is 4.79 Å². The molecule has 0 fully saturated rings. The van der Waals surface area contributed by atoms with Crippen molar-refractivity contribution in [2.75, 3.05) is 16.4 Å². The number of aryl methyl sites for hydroxylation is 1. The highest BCUT2D eigenvalue weighted by Crippen LogP contribution is 2.28. The Hall–Kier alpha value is -4.39. The number of anilines is 4. The highest BCUT2D eigenvalue weighted by atomic mass is 16.5. The van der Waals surface area contributed by atoms with Gasteiger partial charge in [-0.2, -0.15) is 0 Å². The van der Waals surface area contributed by atoms with Crippen molar-refractivity contribution in [3.63, 3.8) is 0 Å². The Morgan fingerprint density at radius 2 is 1.84 bits per heavy atom. The second kappa shape index (κ2) is 8.03. The minimum Gasteiger partial charge on any atom is -0.489 e. The summed E-state index contributed by atoms with van der Waals surface area (Å²) < 4.78 is 6.00. The van der Waals surface area contributed by atoms with Crippen LogP contribution in [0.25, 0.3) is 11.3 Å². The number of ether oxygens (including phenoxy) is 1. The first-order chi connectivity index (χ1) is 15.5. The standard InChI is InChI=1S/C25H21N5O2/c1-15-5-7-19-11-17(15)14-32-20-4-2-3-18(13-20)28-24(31)16-6-8-21(22(26)12-16)23-9-10-27-25(29-19)30-23/h2-13H,14,26H2,1H3,(H,28,31)(H,27,29,30). The molecule has 0 radical (unpaired) electrons. The average molecular weight is 423 g/mol. The molecule has 0 saturated heterocycles. The number of carbonyl (C=O) groups excluding carboxylic acids is 1. The number of rotatable bonds is 0. The van der Waals surface area contributed by atoms with Crippen molar-refractivity contribution in [1.82, 2.24) is 9.97 Å². The summed E-state index contributed by atoms with van der Waals surface area (Å²) in [5.74, 6) is 0.857. The molecule has 7 heteroatoms. The number of fused-ring (bicyclic) bond motifs is 4. The Bertz CT molecular complexity index is 1340. The Labute approximate surface area is 185 Å². The summed E-state index contributed by atoms with van der Waals surface area (Å²) >= 11 is 0. The largest absolute Gasteiger partial charge is 0.489 e.